The highest BCUT2D eigenvalue weighted by Gasteiger charge is 2.13. The highest BCUT2D eigenvalue weighted by Crippen LogP contribution is 2.36. The van der Waals surface area contributed by atoms with Crippen LogP contribution in [0.25, 0.3) is 0 Å². The molecule has 0 aliphatic rings. The lowest BCUT2D eigenvalue weighted by molar-refractivity contribution is 0.0950. The molecule has 0 aliphatic carbocycles. The van der Waals surface area contributed by atoms with Crippen LogP contribution in [0.1, 0.15) is 28.4 Å². The van der Waals surface area contributed by atoms with Crippen LogP contribution in [-0.2, 0) is 6.61 Å². The van der Waals surface area contributed by atoms with E-state index in [2.05, 4.69) is 32.4 Å². The highest BCUT2D eigenvalue weighted by atomic mass is 79.9. The van der Waals surface area contributed by atoms with Crippen LogP contribution < -0.4 is 19.6 Å². The smallest absolute Gasteiger partial charge is 0.275 e. The lowest BCUT2D eigenvalue weighted by atomic mass is 10.2. The summed E-state index contributed by atoms with van der Waals surface area (Å²) in [7, 11) is 0. The summed E-state index contributed by atoms with van der Waals surface area (Å²) in [5.74, 6) is 3.45. The molecule has 8 heteroatoms. The van der Waals surface area contributed by atoms with Crippen LogP contribution in [0.5, 0.6) is 17.2 Å². The Morgan fingerprint density at radius 1 is 1.12 bits per heavy atom. The fourth-order valence-electron chi connectivity index (χ4n) is 2.96. The molecule has 0 spiro atoms. The first kappa shape index (κ1) is 25.2. The number of hydrogen-bond donors (Lipinski definition) is 1. The molecular weight excluding hydrogens is 520 g/mol. The molecule has 1 N–H and O–H groups in total. The number of nitrogens with zero attached hydrogens (tertiary/aromatic N) is 1. The van der Waals surface area contributed by atoms with Gasteiger partial charge in [0.2, 0.25) is 0 Å². The Bertz CT molecular complexity index is 1220. The number of carbonyl (C=O) groups excluding carboxylic acids is 1. The Morgan fingerprint density at radius 3 is 2.65 bits per heavy atom. The van der Waals surface area contributed by atoms with Gasteiger partial charge in [0.1, 0.15) is 19.0 Å². The van der Waals surface area contributed by atoms with Crippen molar-refractivity contribution in [1.29, 1.82) is 0 Å². The average molecular weight is 542 g/mol. The van der Waals surface area contributed by atoms with Crippen molar-refractivity contribution >= 4 is 39.7 Å². The van der Waals surface area contributed by atoms with Gasteiger partial charge in [-0.3, -0.25) is 4.79 Å². The molecule has 174 valence electrons. The van der Waals surface area contributed by atoms with Crippen LogP contribution >= 0.6 is 27.5 Å². The third-order valence-electron chi connectivity index (χ3n) is 4.48. The van der Waals surface area contributed by atoms with Crippen molar-refractivity contribution in [1.82, 2.24) is 5.43 Å². The molecule has 0 atom stereocenters. The average Bonchev–Trinajstić information content (AvgIpc) is 2.83. The van der Waals surface area contributed by atoms with E-state index in [1.54, 1.807) is 42.5 Å². The van der Waals surface area contributed by atoms with E-state index >= 15 is 0 Å². The first-order valence-electron chi connectivity index (χ1n) is 10.3. The van der Waals surface area contributed by atoms with Crippen LogP contribution in [-0.4, -0.2) is 25.3 Å². The van der Waals surface area contributed by atoms with E-state index in [4.69, 9.17) is 32.2 Å². The predicted molar refractivity (Wildman–Crippen MR) is 137 cm³/mol. The van der Waals surface area contributed by atoms with Gasteiger partial charge in [0, 0.05) is 10.6 Å². The molecule has 0 heterocycles. The number of hydrazone groups is 1. The maximum atomic E-state index is 12.7. The molecule has 0 radical (unpaired) electrons. The standard InChI is InChI=1S/C26H22BrClN2O4/c1-3-13-33-25-21(27)14-18(15-24(25)32-4-2)16-29-30-26(31)20-10-6-8-12-23(20)34-17-19-9-5-7-11-22(19)28/h1,5-12,14-16H,4,13,17H2,2H3,(H,30,31)/b29-16+. The Morgan fingerprint density at radius 2 is 1.88 bits per heavy atom. The summed E-state index contributed by atoms with van der Waals surface area (Å²) in [5, 5.41) is 4.67. The number of nitrogens with one attached hydrogen (secondary N) is 1. The zero-order valence-electron chi connectivity index (χ0n) is 18.4. The van der Waals surface area contributed by atoms with Crippen LogP contribution in [0.2, 0.25) is 5.02 Å². The van der Waals surface area contributed by atoms with Gasteiger partial charge >= 0.3 is 0 Å². The summed E-state index contributed by atoms with van der Waals surface area (Å²) in [5.41, 5.74) is 4.38. The Hall–Kier alpha value is -3.47. The minimum atomic E-state index is -0.413. The maximum absolute atomic E-state index is 12.7. The zero-order valence-corrected chi connectivity index (χ0v) is 20.7. The number of rotatable bonds is 10. The molecule has 0 fully saturated rings. The zero-order chi connectivity index (χ0) is 24.3. The van der Waals surface area contributed by atoms with Gasteiger partial charge in [-0.1, -0.05) is 47.9 Å². The fourth-order valence-corrected chi connectivity index (χ4v) is 3.72. The number of amides is 1. The number of halogens is 2. The third-order valence-corrected chi connectivity index (χ3v) is 5.44. The van der Waals surface area contributed by atoms with Crippen LogP contribution in [0, 0.1) is 12.3 Å². The van der Waals surface area contributed by atoms with E-state index in [1.165, 1.54) is 6.21 Å². The predicted octanol–water partition coefficient (Wildman–Crippen LogP) is 5.86. The summed E-state index contributed by atoms with van der Waals surface area (Å²) in [6.45, 7) is 2.65. The summed E-state index contributed by atoms with van der Waals surface area (Å²) >= 11 is 9.65. The highest BCUT2D eigenvalue weighted by molar-refractivity contribution is 9.10. The van der Waals surface area contributed by atoms with Crippen molar-refractivity contribution < 1.29 is 19.0 Å². The van der Waals surface area contributed by atoms with Crippen molar-refractivity contribution in [3.05, 3.63) is 86.8 Å². The molecule has 0 aromatic heterocycles. The summed E-state index contributed by atoms with van der Waals surface area (Å²) < 4.78 is 17.7. The van der Waals surface area contributed by atoms with E-state index in [0.717, 1.165) is 5.56 Å². The van der Waals surface area contributed by atoms with Crippen molar-refractivity contribution in [2.75, 3.05) is 13.2 Å². The van der Waals surface area contributed by atoms with E-state index in [1.807, 2.05) is 25.1 Å². The van der Waals surface area contributed by atoms with E-state index < -0.39 is 5.91 Å². The van der Waals surface area contributed by atoms with Crippen LogP contribution in [0.15, 0.2) is 70.2 Å². The van der Waals surface area contributed by atoms with Crippen molar-refractivity contribution in [3.63, 3.8) is 0 Å². The summed E-state index contributed by atoms with van der Waals surface area (Å²) in [6.07, 6.45) is 6.78. The SMILES string of the molecule is C#CCOc1c(Br)cc(/C=N/NC(=O)c2ccccc2OCc2ccccc2Cl)cc1OCC. The number of para-hydroxylation sites is 1. The van der Waals surface area contributed by atoms with Crippen molar-refractivity contribution in [3.8, 4) is 29.6 Å². The number of ether oxygens (including phenoxy) is 3. The lowest BCUT2D eigenvalue weighted by Gasteiger charge is -2.13. The van der Waals surface area contributed by atoms with Gasteiger partial charge in [0.15, 0.2) is 11.5 Å². The molecule has 6 nitrogen and oxygen atoms in total. The molecular formula is C26H22BrClN2O4. The quantitative estimate of drug-likeness (QED) is 0.198. The first-order valence-corrected chi connectivity index (χ1v) is 11.5. The van der Waals surface area contributed by atoms with E-state index in [9.17, 15) is 4.79 Å². The number of benzene rings is 3. The van der Waals surface area contributed by atoms with Gasteiger partial charge < -0.3 is 14.2 Å². The number of hydrogen-bond acceptors (Lipinski definition) is 5. The third kappa shape index (κ3) is 6.77. The van der Waals surface area contributed by atoms with Gasteiger partial charge in [-0.25, -0.2) is 5.43 Å². The molecule has 0 bridgehead atoms. The van der Waals surface area contributed by atoms with Gasteiger partial charge in [0.25, 0.3) is 5.91 Å². The maximum Gasteiger partial charge on any atom is 0.275 e. The fraction of sp³-hybridized carbons (Fsp3) is 0.154. The van der Waals surface area contributed by atoms with Gasteiger partial charge in [0.05, 0.1) is 22.9 Å². The molecule has 34 heavy (non-hydrogen) atoms. The Balaban J connectivity index is 1.70. The van der Waals surface area contributed by atoms with Gasteiger partial charge in [-0.05, 0) is 58.7 Å². The molecule has 0 aliphatic heterocycles. The number of terminal acetylenes is 1. The summed E-state index contributed by atoms with van der Waals surface area (Å²) in [6, 6.07) is 17.8. The van der Waals surface area contributed by atoms with E-state index in [0.29, 0.717) is 44.5 Å². The second-order valence-electron chi connectivity index (χ2n) is 6.83. The minimum Gasteiger partial charge on any atom is -0.490 e. The van der Waals surface area contributed by atoms with Gasteiger partial charge in [-0.15, -0.1) is 6.42 Å². The summed E-state index contributed by atoms with van der Waals surface area (Å²) in [4.78, 5) is 12.7. The molecule has 0 saturated heterocycles. The Kier molecular flexibility index (Phi) is 9.39. The van der Waals surface area contributed by atoms with Gasteiger partial charge in [-0.2, -0.15) is 5.10 Å². The molecule has 3 rings (SSSR count). The largest absolute Gasteiger partial charge is 0.490 e. The minimum absolute atomic E-state index is 0.111. The number of carbonyl (C=O) groups is 1. The van der Waals surface area contributed by atoms with Crippen molar-refractivity contribution in [2.45, 2.75) is 13.5 Å². The second-order valence-corrected chi connectivity index (χ2v) is 8.09. The molecule has 3 aromatic rings. The van der Waals surface area contributed by atoms with Crippen molar-refractivity contribution in [2.24, 2.45) is 5.10 Å². The molecule has 0 unspecified atom stereocenters. The normalized spacial score (nSPS) is 10.5. The molecule has 1 amide bonds. The first-order chi connectivity index (χ1) is 16.5. The second kappa shape index (κ2) is 12.7. The lowest BCUT2D eigenvalue weighted by Crippen LogP contribution is -2.18. The van der Waals surface area contributed by atoms with Crippen LogP contribution in [0.3, 0.4) is 0 Å². The van der Waals surface area contributed by atoms with E-state index in [-0.39, 0.29) is 13.2 Å². The monoisotopic (exact) mass is 540 g/mol. The van der Waals surface area contributed by atoms with Crippen LogP contribution in [0.4, 0.5) is 0 Å². The topological polar surface area (TPSA) is 69.2 Å². The molecule has 3 aromatic carbocycles. The Labute approximate surface area is 212 Å². The molecule has 0 saturated carbocycles.